The minimum absolute atomic E-state index is 0. The first kappa shape index (κ1) is 7.74. The first-order valence-corrected chi connectivity index (χ1v) is 2.56. The number of halogens is 1. The van der Waals surface area contributed by atoms with E-state index in [4.69, 9.17) is 5.26 Å². The molecular weight excluding hydrogens is 124 g/mol. The molecule has 0 aromatic carbocycles. The van der Waals surface area contributed by atoms with E-state index >= 15 is 0 Å². The molecule has 0 aromatic rings. The Morgan fingerprint density at radius 1 is 1.62 bits per heavy atom. The summed E-state index contributed by atoms with van der Waals surface area (Å²) >= 11 is 0. The molecule has 0 spiro atoms. The molecule has 0 radical (unpaired) electrons. The molecule has 0 saturated carbocycles. The third-order valence-electron chi connectivity index (χ3n) is 1.22. The summed E-state index contributed by atoms with van der Waals surface area (Å²) in [7, 11) is 0. The molecule has 1 rings (SSSR count). The van der Waals surface area contributed by atoms with Crippen molar-refractivity contribution in [2.24, 2.45) is 0 Å². The molecule has 46 valence electrons. The van der Waals surface area contributed by atoms with Crippen LogP contribution in [0.1, 0.15) is 12.8 Å². The van der Waals surface area contributed by atoms with Crippen molar-refractivity contribution in [1.82, 2.24) is 5.32 Å². The molecule has 2 nitrogen and oxygen atoms in total. The standard InChI is InChI=1S/C5H8N2.ClH/c6-4-5-2-1-3-7-5;/h5,7H,1-3H2;1H/t5-;/m0./s1. The van der Waals surface area contributed by atoms with Gasteiger partial charge >= 0.3 is 0 Å². The zero-order valence-electron chi connectivity index (χ0n) is 4.55. The number of rotatable bonds is 0. The minimum Gasteiger partial charge on any atom is -0.302 e. The van der Waals surface area contributed by atoms with E-state index in [-0.39, 0.29) is 18.4 Å². The maximum Gasteiger partial charge on any atom is 0.0953 e. The van der Waals surface area contributed by atoms with Crippen LogP contribution < -0.4 is 5.32 Å². The van der Waals surface area contributed by atoms with Gasteiger partial charge in [0, 0.05) is 0 Å². The van der Waals surface area contributed by atoms with Crippen LogP contribution in [0.25, 0.3) is 0 Å². The summed E-state index contributed by atoms with van der Waals surface area (Å²) in [6, 6.07) is 2.31. The van der Waals surface area contributed by atoms with Crippen LogP contribution in [0.4, 0.5) is 0 Å². The van der Waals surface area contributed by atoms with E-state index in [0.717, 1.165) is 19.4 Å². The molecule has 3 heteroatoms. The molecule has 1 N–H and O–H groups in total. The van der Waals surface area contributed by atoms with Gasteiger partial charge in [-0.2, -0.15) is 5.26 Å². The lowest BCUT2D eigenvalue weighted by molar-refractivity contribution is 0.740. The van der Waals surface area contributed by atoms with Gasteiger partial charge in [0.1, 0.15) is 0 Å². The Kier molecular flexibility index (Phi) is 3.59. The van der Waals surface area contributed by atoms with Crippen LogP contribution in [0.2, 0.25) is 0 Å². The summed E-state index contributed by atoms with van der Waals surface area (Å²) < 4.78 is 0. The van der Waals surface area contributed by atoms with Crippen LogP contribution in [-0.4, -0.2) is 12.6 Å². The zero-order valence-corrected chi connectivity index (χ0v) is 5.37. The Hall–Kier alpha value is -0.260. The second-order valence-electron chi connectivity index (χ2n) is 1.78. The van der Waals surface area contributed by atoms with Crippen molar-refractivity contribution >= 4 is 12.4 Å². The van der Waals surface area contributed by atoms with E-state index < -0.39 is 0 Å². The van der Waals surface area contributed by atoms with Crippen molar-refractivity contribution in [3.8, 4) is 6.07 Å². The fourth-order valence-electron chi connectivity index (χ4n) is 0.795. The van der Waals surface area contributed by atoms with Gasteiger partial charge in [-0.15, -0.1) is 12.4 Å². The summed E-state index contributed by atoms with van der Waals surface area (Å²) in [5.41, 5.74) is 0. The average molecular weight is 133 g/mol. The van der Waals surface area contributed by atoms with E-state index in [1.54, 1.807) is 0 Å². The van der Waals surface area contributed by atoms with Gasteiger partial charge in [-0.1, -0.05) is 0 Å². The number of hydrogen-bond acceptors (Lipinski definition) is 2. The molecule has 1 saturated heterocycles. The quantitative estimate of drug-likeness (QED) is 0.526. The van der Waals surface area contributed by atoms with E-state index in [0.29, 0.717) is 0 Å². The predicted molar refractivity (Wildman–Crippen MR) is 33.9 cm³/mol. The van der Waals surface area contributed by atoms with Gasteiger partial charge in [-0.3, -0.25) is 0 Å². The molecule has 1 aliphatic heterocycles. The summed E-state index contributed by atoms with van der Waals surface area (Å²) in [6.45, 7) is 1.03. The van der Waals surface area contributed by atoms with Crippen molar-refractivity contribution < 1.29 is 0 Å². The maximum absolute atomic E-state index is 8.25. The Morgan fingerprint density at radius 2 is 2.38 bits per heavy atom. The van der Waals surface area contributed by atoms with Crippen molar-refractivity contribution in [3.63, 3.8) is 0 Å². The van der Waals surface area contributed by atoms with Gasteiger partial charge in [0.25, 0.3) is 0 Å². The van der Waals surface area contributed by atoms with Gasteiger partial charge in [0.15, 0.2) is 0 Å². The third kappa shape index (κ3) is 1.69. The maximum atomic E-state index is 8.25. The molecule has 0 unspecified atom stereocenters. The molecule has 1 aliphatic rings. The summed E-state index contributed by atoms with van der Waals surface area (Å²) in [4.78, 5) is 0. The molecule has 8 heavy (non-hydrogen) atoms. The molecular formula is C5H9ClN2. The fourth-order valence-corrected chi connectivity index (χ4v) is 0.795. The molecule has 0 bridgehead atoms. The topological polar surface area (TPSA) is 35.8 Å². The normalized spacial score (nSPS) is 26.1. The molecule has 1 fully saturated rings. The SMILES string of the molecule is Cl.N#C[C@@H]1CCCN1. The van der Waals surface area contributed by atoms with Crippen molar-refractivity contribution in [1.29, 1.82) is 5.26 Å². The van der Waals surface area contributed by atoms with Crippen LogP contribution >= 0.6 is 12.4 Å². The van der Waals surface area contributed by atoms with Gasteiger partial charge in [0.2, 0.25) is 0 Å². The second-order valence-corrected chi connectivity index (χ2v) is 1.78. The first-order valence-electron chi connectivity index (χ1n) is 2.56. The second kappa shape index (κ2) is 3.71. The highest BCUT2D eigenvalue weighted by Crippen LogP contribution is 2.01. The fraction of sp³-hybridized carbons (Fsp3) is 0.800. The zero-order chi connectivity index (χ0) is 5.11. The molecule has 0 aliphatic carbocycles. The van der Waals surface area contributed by atoms with E-state index in [9.17, 15) is 0 Å². The van der Waals surface area contributed by atoms with Gasteiger partial charge in [0.05, 0.1) is 12.1 Å². The smallest absolute Gasteiger partial charge is 0.0953 e. The Balaban J connectivity index is 0.000000490. The number of nitriles is 1. The minimum atomic E-state index is 0. The molecule has 1 heterocycles. The Morgan fingerprint density at radius 3 is 2.62 bits per heavy atom. The lowest BCUT2D eigenvalue weighted by Crippen LogP contribution is -2.18. The Bertz CT molecular complexity index is 91.1. The highest BCUT2D eigenvalue weighted by molar-refractivity contribution is 5.85. The predicted octanol–water partition coefficient (Wildman–Crippen LogP) is 0.684. The van der Waals surface area contributed by atoms with Crippen LogP contribution in [0, 0.1) is 11.3 Å². The molecule has 1 atom stereocenters. The monoisotopic (exact) mass is 132 g/mol. The number of hydrogen-bond donors (Lipinski definition) is 1. The summed E-state index contributed by atoms with van der Waals surface area (Å²) in [6.07, 6.45) is 2.20. The Labute approximate surface area is 55.3 Å². The number of nitrogens with one attached hydrogen (secondary N) is 1. The van der Waals surface area contributed by atoms with Crippen LogP contribution in [0.15, 0.2) is 0 Å². The van der Waals surface area contributed by atoms with Gasteiger partial charge < -0.3 is 5.32 Å². The summed E-state index contributed by atoms with van der Waals surface area (Å²) in [5.74, 6) is 0. The van der Waals surface area contributed by atoms with E-state index in [1.165, 1.54) is 0 Å². The first-order chi connectivity index (χ1) is 3.43. The van der Waals surface area contributed by atoms with Gasteiger partial charge in [-0.05, 0) is 19.4 Å². The van der Waals surface area contributed by atoms with Crippen LogP contribution in [0.5, 0.6) is 0 Å². The average Bonchev–Trinajstić information content (AvgIpc) is 2.14. The largest absolute Gasteiger partial charge is 0.302 e. The van der Waals surface area contributed by atoms with E-state index in [2.05, 4.69) is 11.4 Å². The van der Waals surface area contributed by atoms with Crippen LogP contribution in [-0.2, 0) is 0 Å². The lowest BCUT2D eigenvalue weighted by Gasteiger charge is -1.91. The van der Waals surface area contributed by atoms with Crippen molar-refractivity contribution in [2.45, 2.75) is 18.9 Å². The highest BCUT2D eigenvalue weighted by Gasteiger charge is 2.10. The molecule has 0 aromatic heterocycles. The van der Waals surface area contributed by atoms with E-state index in [1.807, 2.05) is 0 Å². The lowest BCUT2D eigenvalue weighted by atomic mass is 10.2. The third-order valence-corrected chi connectivity index (χ3v) is 1.22. The highest BCUT2D eigenvalue weighted by atomic mass is 35.5. The number of nitrogens with zero attached hydrogens (tertiary/aromatic N) is 1. The van der Waals surface area contributed by atoms with Crippen LogP contribution in [0.3, 0.4) is 0 Å². The van der Waals surface area contributed by atoms with Crippen molar-refractivity contribution in [3.05, 3.63) is 0 Å². The molecule has 0 amide bonds. The van der Waals surface area contributed by atoms with Crippen molar-refractivity contribution in [2.75, 3.05) is 6.54 Å². The van der Waals surface area contributed by atoms with Gasteiger partial charge in [-0.25, -0.2) is 0 Å². The summed E-state index contributed by atoms with van der Waals surface area (Å²) in [5, 5.41) is 11.3.